The second-order valence-corrected chi connectivity index (χ2v) is 13.3. The summed E-state index contributed by atoms with van der Waals surface area (Å²) in [4.78, 5) is 45.0. The third-order valence-corrected chi connectivity index (χ3v) is 10.2. The molecule has 3 aromatic heterocycles. The molecule has 1 fully saturated rings. The molecule has 5 aromatic rings. The van der Waals surface area contributed by atoms with Crippen LogP contribution in [0, 0.1) is 0 Å². The van der Waals surface area contributed by atoms with E-state index in [2.05, 4.69) is 9.97 Å². The van der Waals surface area contributed by atoms with E-state index in [1.54, 1.807) is 48.7 Å². The number of carboxylic acid groups (broad SMARTS) is 1. The van der Waals surface area contributed by atoms with Crippen molar-refractivity contribution in [1.82, 2.24) is 19.9 Å². The Kier molecular flexibility index (Phi) is 9.53. The summed E-state index contributed by atoms with van der Waals surface area (Å²) in [5.74, 6) is 1.20. The maximum absolute atomic E-state index is 13.7. The van der Waals surface area contributed by atoms with Gasteiger partial charge in [-0.15, -0.1) is 0 Å². The third kappa shape index (κ3) is 6.34. The number of nitrogens with one attached hydrogen (secondary N) is 2. The highest BCUT2D eigenvalue weighted by Gasteiger charge is 2.39. The molecule has 6 heterocycles. The van der Waals surface area contributed by atoms with Gasteiger partial charge in [0.1, 0.15) is 6.04 Å². The normalized spacial score (nSPS) is 14.5. The number of H-pyrrole nitrogens is 2. The average Bonchev–Trinajstić information content (AvgIpc) is 4.08. The van der Waals surface area contributed by atoms with Gasteiger partial charge in [-0.1, -0.05) is 0 Å². The summed E-state index contributed by atoms with van der Waals surface area (Å²) in [6, 6.07) is 15.8. The second-order valence-electron chi connectivity index (χ2n) is 13.3. The van der Waals surface area contributed by atoms with Crippen LogP contribution in [0.1, 0.15) is 35.6 Å². The number of hydrogen-bond donors (Lipinski definition) is 3. The molecule has 3 N–H and O–H groups in total. The van der Waals surface area contributed by atoms with Gasteiger partial charge >= 0.3 is 5.97 Å². The van der Waals surface area contributed by atoms with Crippen molar-refractivity contribution in [3.05, 3.63) is 77.4 Å². The maximum Gasteiger partial charge on any atom is 0.326 e. The number of benzene rings is 2. The van der Waals surface area contributed by atoms with E-state index in [0.29, 0.717) is 102 Å². The molecule has 0 radical (unpaired) electrons. The van der Waals surface area contributed by atoms with Crippen LogP contribution < -0.4 is 33.3 Å². The minimum absolute atomic E-state index is 0.0647. The Bertz CT molecular complexity index is 2580. The summed E-state index contributed by atoms with van der Waals surface area (Å²) in [5.41, 5.74) is 7.94. The van der Waals surface area contributed by atoms with Crippen LogP contribution in [0.25, 0.3) is 68.6 Å². The fourth-order valence-corrected chi connectivity index (χ4v) is 7.63. The number of anilines is 1. The van der Waals surface area contributed by atoms with E-state index in [-0.39, 0.29) is 18.7 Å². The summed E-state index contributed by atoms with van der Waals surface area (Å²) in [6.45, 7) is 0. The first-order chi connectivity index (χ1) is 27.7. The lowest BCUT2D eigenvalue weighted by Gasteiger charge is -2.22. The Hall–Kier alpha value is -7.22. The first kappa shape index (κ1) is 36.7. The highest BCUT2D eigenvalue weighted by atomic mass is 16.5. The Labute approximate surface area is 326 Å². The van der Waals surface area contributed by atoms with Crippen LogP contribution in [0.15, 0.2) is 54.6 Å². The van der Waals surface area contributed by atoms with Crippen molar-refractivity contribution >= 4 is 63.9 Å². The highest BCUT2D eigenvalue weighted by Crippen LogP contribution is 2.45. The van der Waals surface area contributed by atoms with E-state index >= 15 is 0 Å². The number of aliphatic carboxylic acids is 1. The molecule has 1 amide bonds. The zero-order valence-corrected chi connectivity index (χ0v) is 32.1. The number of ether oxygens (including phenoxy) is 6. The van der Waals surface area contributed by atoms with Crippen LogP contribution in [0.4, 0.5) is 5.69 Å². The van der Waals surface area contributed by atoms with Crippen LogP contribution in [0.2, 0.25) is 0 Å². The van der Waals surface area contributed by atoms with E-state index < -0.39 is 12.0 Å². The van der Waals surface area contributed by atoms with Gasteiger partial charge in [0, 0.05) is 34.1 Å². The number of rotatable bonds is 10. The topological polar surface area (TPSA) is 170 Å². The first-order valence-electron chi connectivity index (χ1n) is 18.0. The quantitative estimate of drug-likeness (QED) is 0.125. The summed E-state index contributed by atoms with van der Waals surface area (Å²) in [6.07, 6.45) is 7.67. The average molecular weight is 770 g/mol. The molecule has 3 aliphatic heterocycles. The summed E-state index contributed by atoms with van der Waals surface area (Å²) in [7, 11) is 9.28. The Balaban J connectivity index is 1.52. The van der Waals surface area contributed by atoms with Gasteiger partial charge in [-0.05, 0) is 96.4 Å². The molecule has 1 atom stereocenters. The molecule has 0 unspecified atom stereocenters. The number of aromatic nitrogens is 4. The van der Waals surface area contributed by atoms with Crippen LogP contribution in [-0.2, 0) is 9.59 Å². The first-order valence-corrected chi connectivity index (χ1v) is 18.0. The molecule has 290 valence electrons. The molecule has 14 heteroatoms. The Morgan fingerprint density at radius 1 is 0.649 bits per heavy atom. The molecule has 0 aliphatic carbocycles. The standard InChI is InChI=1S/C43H39N5O9/c1-52-33-17-22(18-34(53-2)41(33)56-5)38-26-9-7-24(44-26)21-25-8-10-27(45-25)39(23-19-35(54-3)42(57-6)36(20-23)55-4)29-12-14-31(47-29)40(30-13-11-28(38)46-30)48-32(43(50)51)15-16-37(48)49/h7-14,17-21,32,44,47H,15-16H2,1-6H3,(H,50,51)/t32-/m0/s1. The molecule has 14 nitrogen and oxygen atoms in total. The van der Waals surface area contributed by atoms with E-state index in [1.807, 2.05) is 72.8 Å². The number of amides is 1. The second kappa shape index (κ2) is 14.8. The van der Waals surface area contributed by atoms with Crippen LogP contribution in [0.5, 0.6) is 34.5 Å². The fraction of sp³-hybridized carbons (Fsp3) is 0.209. The number of carbonyl (C=O) groups is 2. The van der Waals surface area contributed by atoms with Crippen LogP contribution >= 0.6 is 0 Å². The van der Waals surface area contributed by atoms with E-state index in [9.17, 15) is 14.7 Å². The van der Waals surface area contributed by atoms with Crippen LogP contribution in [-0.4, -0.2) is 85.6 Å². The summed E-state index contributed by atoms with van der Waals surface area (Å²) < 4.78 is 34.1. The molecule has 8 bridgehead atoms. The van der Waals surface area contributed by atoms with Gasteiger partial charge in [-0.3, -0.25) is 9.69 Å². The number of hydrogen-bond acceptors (Lipinski definition) is 10. The monoisotopic (exact) mass is 769 g/mol. The van der Waals surface area contributed by atoms with Gasteiger partial charge < -0.3 is 43.5 Å². The molecule has 57 heavy (non-hydrogen) atoms. The van der Waals surface area contributed by atoms with E-state index in [1.165, 1.54) is 4.90 Å². The fourth-order valence-electron chi connectivity index (χ4n) is 7.63. The number of carbonyl (C=O) groups excluding carboxylic acids is 1. The third-order valence-electron chi connectivity index (χ3n) is 10.2. The molecule has 3 aliphatic rings. The Morgan fingerprint density at radius 2 is 1.16 bits per heavy atom. The van der Waals surface area contributed by atoms with Crippen molar-refractivity contribution in [3.63, 3.8) is 0 Å². The molecule has 0 saturated carbocycles. The van der Waals surface area contributed by atoms with Crippen molar-refractivity contribution in [2.45, 2.75) is 18.9 Å². The smallest absolute Gasteiger partial charge is 0.326 e. The number of nitrogens with zero attached hydrogens (tertiary/aromatic N) is 3. The SMILES string of the molecule is COc1cc(-c2c3nc(c(N4C(=O)CC[C@H]4C(=O)O)c4ccc([nH]4)c(-c4cc(OC)c(OC)c(OC)c4)c4nc(cc5ccc2[nH]5)C=C4)C=C3)cc(OC)c1OC. The molecular weight excluding hydrogens is 730 g/mol. The van der Waals surface area contributed by atoms with Gasteiger partial charge in [0.15, 0.2) is 23.0 Å². The minimum Gasteiger partial charge on any atom is -0.493 e. The number of methoxy groups -OCH3 is 6. The van der Waals surface area contributed by atoms with Crippen molar-refractivity contribution in [2.75, 3.05) is 47.6 Å². The van der Waals surface area contributed by atoms with Gasteiger partial charge in [0.05, 0.1) is 76.6 Å². The van der Waals surface area contributed by atoms with Gasteiger partial charge in [0.2, 0.25) is 17.4 Å². The zero-order chi connectivity index (χ0) is 40.0. The van der Waals surface area contributed by atoms with E-state index in [0.717, 1.165) is 5.52 Å². The zero-order valence-electron chi connectivity index (χ0n) is 32.1. The van der Waals surface area contributed by atoms with Crippen molar-refractivity contribution < 1.29 is 43.1 Å². The van der Waals surface area contributed by atoms with Gasteiger partial charge in [-0.2, -0.15) is 0 Å². The van der Waals surface area contributed by atoms with Crippen molar-refractivity contribution in [1.29, 1.82) is 0 Å². The molecular formula is C43H39N5O9. The number of carboxylic acids is 1. The molecule has 2 aromatic carbocycles. The van der Waals surface area contributed by atoms with Gasteiger partial charge in [-0.25, -0.2) is 14.8 Å². The van der Waals surface area contributed by atoms with Gasteiger partial charge in [0.25, 0.3) is 0 Å². The largest absolute Gasteiger partial charge is 0.493 e. The minimum atomic E-state index is -1.11. The molecule has 8 rings (SSSR count). The lowest BCUT2D eigenvalue weighted by molar-refractivity contribution is -0.138. The predicted molar refractivity (Wildman–Crippen MR) is 217 cm³/mol. The van der Waals surface area contributed by atoms with Crippen LogP contribution in [0.3, 0.4) is 0 Å². The highest BCUT2D eigenvalue weighted by molar-refractivity contribution is 6.08. The number of fused-ring (bicyclic) bond motifs is 8. The predicted octanol–water partition coefficient (Wildman–Crippen LogP) is 7.62. The van der Waals surface area contributed by atoms with Crippen molar-refractivity contribution in [3.8, 4) is 56.8 Å². The van der Waals surface area contributed by atoms with Crippen molar-refractivity contribution in [2.24, 2.45) is 0 Å². The summed E-state index contributed by atoms with van der Waals surface area (Å²) in [5, 5.41) is 10.4. The molecule has 1 saturated heterocycles. The van der Waals surface area contributed by atoms with E-state index in [4.69, 9.17) is 38.4 Å². The Morgan fingerprint density at radius 3 is 1.72 bits per heavy atom. The summed E-state index contributed by atoms with van der Waals surface area (Å²) >= 11 is 0. The lowest BCUT2D eigenvalue weighted by atomic mass is 10.0. The number of aromatic amines is 2. The lowest BCUT2D eigenvalue weighted by Crippen LogP contribution is -2.39. The molecule has 0 spiro atoms. The maximum atomic E-state index is 13.7.